The van der Waals surface area contributed by atoms with E-state index in [1.54, 1.807) is 19.1 Å². The van der Waals surface area contributed by atoms with Crippen molar-refractivity contribution in [3.63, 3.8) is 0 Å². The van der Waals surface area contributed by atoms with E-state index in [2.05, 4.69) is 0 Å². The number of rotatable bonds is 5. The Morgan fingerprint density at radius 1 is 1.07 bits per heavy atom. The van der Waals surface area contributed by atoms with Crippen LogP contribution in [0.5, 0.6) is 11.5 Å². The van der Waals surface area contributed by atoms with Gasteiger partial charge in [0.15, 0.2) is 11.5 Å². The van der Waals surface area contributed by atoms with Gasteiger partial charge >= 0.3 is 0 Å². The number of imide groups is 2. The van der Waals surface area contributed by atoms with Crippen molar-refractivity contribution in [2.24, 2.45) is 29.1 Å². The second-order valence-electron chi connectivity index (χ2n) is 12.0. The number of phenolic OH excluding ortho intramolecular Hbond substituents is 1. The number of aromatic hydroxyl groups is 1. The van der Waals surface area contributed by atoms with Crippen LogP contribution >= 0.6 is 22.9 Å². The van der Waals surface area contributed by atoms with Gasteiger partial charge in [0.2, 0.25) is 23.6 Å². The number of phenols is 1. The number of hydrogen-bond donors (Lipinski definition) is 1. The van der Waals surface area contributed by atoms with Crippen LogP contribution in [0.4, 0.5) is 10.1 Å². The zero-order chi connectivity index (χ0) is 31.1. The first-order valence-electron chi connectivity index (χ1n) is 14.3. The van der Waals surface area contributed by atoms with E-state index in [4.69, 9.17) is 16.3 Å². The molecule has 3 fully saturated rings. The molecule has 1 aromatic heterocycles. The molecule has 0 spiro atoms. The summed E-state index contributed by atoms with van der Waals surface area (Å²) in [5.74, 6) is -5.23. The van der Waals surface area contributed by atoms with Gasteiger partial charge in [-0.2, -0.15) is 0 Å². The van der Waals surface area contributed by atoms with Gasteiger partial charge in [-0.05, 0) is 73.0 Å². The number of fused-ring (bicyclic) bond motifs is 4. The lowest BCUT2D eigenvalue weighted by Crippen LogP contribution is -2.48. The third kappa shape index (κ3) is 4.00. The van der Waals surface area contributed by atoms with Crippen LogP contribution in [0.1, 0.15) is 36.1 Å². The highest BCUT2D eigenvalue weighted by molar-refractivity contribution is 7.09. The number of halogens is 2. The Morgan fingerprint density at radius 3 is 2.57 bits per heavy atom. The van der Waals surface area contributed by atoms with Crippen LogP contribution in [0.15, 0.2) is 65.6 Å². The minimum Gasteiger partial charge on any atom is -0.504 e. The standard InChI is InChI=1S/C33H28ClFN2O6S/c1-33-22(30(40)37(32(33)42)17-6-9-24(35)23(34)13-17)14-21-19(28(33)16-5-10-25(38)26(12-16)43-2)7-8-20-27(21)31(41)36(29(20)39)15-18-4-3-11-44-18/h3-7,9-13,20-22,27-28,38H,8,14-15H2,1-2H3. The summed E-state index contributed by atoms with van der Waals surface area (Å²) in [7, 11) is 1.42. The van der Waals surface area contributed by atoms with Crippen LogP contribution < -0.4 is 9.64 Å². The van der Waals surface area contributed by atoms with Crippen LogP contribution in [0.2, 0.25) is 5.02 Å². The number of carbonyl (C=O) groups excluding carboxylic acids is 4. The van der Waals surface area contributed by atoms with Gasteiger partial charge in [-0.1, -0.05) is 35.4 Å². The van der Waals surface area contributed by atoms with E-state index in [0.717, 1.165) is 21.4 Å². The van der Waals surface area contributed by atoms with Crippen molar-refractivity contribution in [1.82, 2.24) is 4.90 Å². The maximum absolute atomic E-state index is 14.5. The first kappa shape index (κ1) is 28.7. The highest BCUT2D eigenvalue weighted by Gasteiger charge is 2.67. The minimum atomic E-state index is -1.29. The lowest BCUT2D eigenvalue weighted by Gasteiger charge is -2.49. The van der Waals surface area contributed by atoms with E-state index < -0.39 is 52.6 Å². The monoisotopic (exact) mass is 634 g/mol. The average Bonchev–Trinajstić information content (AvgIpc) is 3.66. The second kappa shape index (κ2) is 10.3. The quantitative estimate of drug-likeness (QED) is 0.286. The molecule has 0 bridgehead atoms. The highest BCUT2D eigenvalue weighted by atomic mass is 35.5. The molecule has 4 aliphatic rings. The molecule has 2 saturated heterocycles. The summed E-state index contributed by atoms with van der Waals surface area (Å²) in [6, 6.07) is 12.3. The number of thiophene rings is 1. The predicted molar refractivity (Wildman–Crippen MR) is 161 cm³/mol. The Hall–Kier alpha value is -4.02. The second-order valence-corrected chi connectivity index (χ2v) is 13.5. The topological polar surface area (TPSA) is 104 Å². The number of benzene rings is 2. The number of amides is 4. The predicted octanol–water partition coefficient (Wildman–Crippen LogP) is 5.69. The molecule has 44 heavy (non-hydrogen) atoms. The molecule has 0 radical (unpaired) electrons. The molecule has 2 aliphatic heterocycles. The molecular weight excluding hydrogens is 607 g/mol. The zero-order valence-corrected chi connectivity index (χ0v) is 25.4. The largest absolute Gasteiger partial charge is 0.504 e. The lowest BCUT2D eigenvalue weighted by atomic mass is 9.51. The summed E-state index contributed by atoms with van der Waals surface area (Å²) >= 11 is 7.53. The highest BCUT2D eigenvalue weighted by Crippen LogP contribution is 2.64. The Labute approximate surface area is 261 Å². The first-order valence-corrected chi connectivity index (χ1v) is 15.6. The first-order chi connectivity index (χ1) is 21.1. The fraction of sp³-hybridized carbons (Fsp3) is 0.333. The molecule has 3 aromatic rings. The van der Waals surface area contributed by atoms with Gasteiger partial charge in [0.25, 0.3) is 0 Å². The van der Waals surface area contributed by atoms with E-state index in [1.165, 1.54) is 41.5 Å². The molecule has 1 saturated carbocycles. The molecule has 226 valence electrons. The fourth-order valence-corrected chi connectivity index (χ4v) is 8.79. The number of ether oxygens (including phenoxy) is 1. The number of anilines is 1. The SMILES string of the molecule is COc1cc(C2C3=CCC4C(=O)N(Cc5cccs5)C(=O)C4C3CC3C(=O)N(c4ccc(F)c(Cl)c4)C(=O)C32C)ccc1O. The summed E-state index contributed by atoms with van der Waals surface area (Å²) < 4.78 is 19.5. The summed E-state index contributed by atoms with van der Waals surface area (Å²) in [4.78, 5) is 59.6. The number of hydrogen-bond acceptors (Lipinski definition) is 7. The molecule has 2 aromatic carbocycles. The average molecular weight is 635 g/mol. The van der Waals surface area contributed by atoms with E-state index >= 15 is 0 Å². The van der Waals surface area contributed by atoms with Crippen LogP contribution in [-0.2, 0) is 25.7 Å². The summed E-state index contributed by atoms with van der Waals surface area (Å²) in [6.45, 7) is 1.95. The van der Waals surface area contributed by atoms with Gasteiger partial charge in [0.1, 0.15) is 5.82 Å². The number of methoxy groups -OCH3 is 1. The van der Waals surface area contributed by atoms with Crippen molar-refractivity contribution in [3.05, 3.63) is 86.8 Å². The van der Waals surface area contributed by atoms with Crippen LogP contribution in [0.25, 0.3) is 0 Å². The normalized spacial score (nSPS) is 29.5. The Balaban J connectivity index is 1.36. The number of carbonyl (C=O) groups is 4. The molecule has 8 nitrogen and oxygen atoms in total. The Kier molecular flexibility index (Phi) is 6.71. The van der Waals surface area contributed by atoms with Gasteiger partial charge in [-0.3, -0.25) is 24.1 Å². The Morgan fingerprint density at radius 2 is 1.86 bits per heavy atom. The number of allylic oxidation sites excluding steroid dienone is 2. The zero-order valence-electron chi connectivity index (χ0n) is 23.8. The van der Waals surface area contributed by atoms with Gasteiger partial charge in [0, 0.05) is 10.8 Å². The van der Waals surface area contributed by atoms with Crippen molar-refractivity contribution in [2.75, 3.05) is 12.0 Å². The van der Waals surface area contributed by atoms with E-state index in [0.29, 0.717) is 12.0 Å². The summed E-state index contributed by atoms with van der Waals surface area (Å²) in [5.41, 5.74) is 0.316. The molecule has 6 atom stereocenters. The van der Waals surface area contributed by atoms with Gasteiger partial charge in [0.05, 0.1) is 47.5 Å². The molecule has 6 unspecified atom stereocenters. The van der Waals surface area contributed by atoms with E-state index in [9.17, 15) is 28.7 Å². The Bertz CT molecular complexity index is 1780. The number of nitrogens with zero attached hydrogens (tertiary/aromatic N) is 2. The molecule has 4 amide bonds. The lowest BCUT2D eigenvalue weighted by molar-refractivity contribution is -0.141. The third-order valence-electron chi connectivity index (χ3n) is 9.96. The van der Waals surface area contributed by atoms with Crippen LogP contribution in [0, 0.1) is 34.9 Å². The third-order valence-corrected chi connectivity index (χ3v) is 11.1. The van der Waals surface area contributed by atoms with Crippen LogP contribution in [-0.4, -0.2) is 40.7 Å². The van der Waals surface area contributed by atoms with Crippen molar-refractivity contribution in [2.45, 2.75) is 32.2 Å². The molecular formula is C33H28ClFN2O6S. The fourth-order valence-electron chi connectivity index (χ4n) is 7.92. The molecule has 1 N–H and O–H groups in total. The van der Waals surface area contributed by atoms with E-state index in [1.807, 2.05) is 23.6 Å². The van der Waals surface area contributed by atoms with Crippen molar-refractivity contribution < 1.29 is 33.4 Å². The molecule has 2 aliphatic carbocycles. The molecule has 11 heteroatoms. The van der Waals surface area contributed by atoms with Gasteiger partial charge in [-0.15, -0.1) is 11.3 Å². The summed E-state index contributed by atoms with van der Waals surface area (Å²) in [6.07, 6.45) is 2.48. The van der Waals surface area contributed by atoms with Crippen molar-refractivity contribution in [3.8, 4) is 11.5 Å². The van der Waals surface area contributed by atoms with Crippen LogP contribution in [0.3, 0.4) is 0 Å². The number of likely N-dealkylation sites (tertiary alicyclic amines) is 1. The molecule has 7 rings (SSSR count). The molecule has 3 heterocycles. The van der Waals surface area contributed by atoms with E-state index in [-0.39, 0.29) is 47.0 Å². The van der Waals surface area contributed by atoms with Crippen molar-refractivity contribution in [1.29, 1.82) is 0 Å². The van der Waals surface area contributed by atoms with Gasteiger partial charge < -0.3 is 9.84 Å². The van der Waals surface area contributed by atoms with Crippen molar-refractivity contribution >= 4 is 52.3 Å². The minimum absolute atomic E-state index is 0.0832. The smallest absolute Gasteiger partial charge is 0.241 e. The van der Waals surface area contributed by atoms with Gasteiger partial charge in [-0.25, -0.2) is 9.29 Å². The maximum atomic E-state index is 14.5. The summed E-state index contributed by atoms with van der Waals surface area (Å²) in [5, 5.41) is 12.1. The maximum Gasteiger partial charge on any atom is 0.241 e.